The van der Waals surface area contributed by atoms with E-state index in [0.717, 1.165) is 21.7 Å². The van der Waals surface area contributed by atoms with Crippen LogP contribution in [0.25, 0.3) is 5.65 Å². The molecule has 0 radical (unpaired) electrons. The first-order valence-electron chi connectivity index (χ1n) is 11.1. The number of nitrogens with one attached hydrogen (secondary N) is 1. The fourth-order valence-corrected chi connectivity index (χ4v) is 4.95. The van der Waals surface area contributed by atoms with Gasteiger partial charge in [-0.15, -0.1) is 0 Å². The van der Waals surface area contributed by atoms with Crippen LogP contribution in [0, 0.1) is 5.82 Å². The predicted octanol–water partition coefficient (Wildman–Crippen LogP) is 5.49. The van der Waals surface area contributed by atoms with Crippen molar-refractivity contribution in [2.75, 3.05) is 10.2 Å². The summed E-state index contributed by atoms with van der Waals surface area (Å²) in [6.07, 6.45) is 1.03. The summed E-state index contributed by atoms with van der Waals surface area (Å²) in [7, 11) is 0. The molecule has 1 aromatic carbocycles. The van der Waals surface area contributed by atoms with Crippen LogP contribution < -0.4 is 15.8 Å². The lowest BCUT2D eigenvalue weighted by Gasteiger charge is -2.25. The maximum absolute atomic E-state index is 14.6. The molecule has 5 rings (SSSR count). The molecular formula is C25H20Cl2FN5O3. The Balaban J connectivity index is 1.62. The molecule has 0 amide bonds. The van der Waals surface area contributed by atoms with Gasteiger partial charge in [0.2, 0.25) is 0 Å². The van der Waals surface area contributed by atoms with Gasteiger partial charge in [0.15, 0.2) is 11.5 Å². The number of hydrogen-bond acceptors (Lipinski definition) is 6. The van der Waals surface area contributed by atoms with E-state index >= 15 is 0 Å². The normalized spacial score (nSPS) is 15.7. The zero-order valence-corrected chi connectivity index (χ0v) is 20.7. The molecule has 184 valence electrons. The van der Waals surface area contributed by atoms with Crippen molar-refractivity contribution in [1.82, 2.24) is 14.4 Å². The van der Waals surface area contributed by atoms with Gasteiger partial charge in [-0.3, -0.25) is 9.20 Å². The molecule has 3 aromatic heterocycles. The van der Waals surface area contributed by atoms with Gasteiger partial charge in [-0.1, -0.05) is 47.5 Å². The number of aromatic nitrogens is 3. The highest BCUT2D eigenvalue weighted by atomic mass is 35.5. The van der Waals surface area contributed by atoms with Crippen molar-refractivity contribution < 1.29 is 14.3 Å². The van der Waals surface area contributed by atoms with E-state index in [4.69, 9.17) is 28.2 Å². The van der Waals surface area contributed by atoms with Crippen molar-refractivity contribution in [2.24, 2.45) is 0 Å². The molecule has 4 heterocycles. The van der Waals surface area contributed by atoms with Crippen LogP contribution in [-0.4, -0.2) is 25.4 Å². The topological polar surface area (TPSA) is 99.8 Å². The van der Waals surface area contributed by atoms with Gasteiger partial charge in [-0.25, -0.2) is 19.2 Å². The van der Waals surface area contributed by atoms with Crippen LogP contribution in [0.4, 0.5) is 15.9 Å². The summed E-state index contributed by atoms with van der Waals surface area (Å²) in [6.45, 7) is 4.22. The van der Waals surface area contributed by atoms with Crippen LogP contribution in [0.2, 0.25) is 10.2 Å². The van der Waals surface area contributed by atoms with Gasteiger partial charge in [-0.05, 0) is 43.2 Å². The highest BCUT2D eigenvalue weighted by Gasteiger charge is 2.31. The molecule has 4 aromatic rings. The summed E-state index contributed by atoms with van der Waals surface area (Å²) < 4.78 is 15.7. The second kappa shape index (κ2) is 9.07. The van der Waals surface area contributed by atoms with Gasteiger partial charge in [-0.2, -0.15) is 0 Å². The van der Waals surface area contributed by atoms with Gasteiger partial charge in [0.05, 0.1) is 17.8 Å². The molecule has 0 saturated heterocycles. The van der Waals surface area contributed by atoms with Crippen molar-refractivity contribution >= 4 is 46.3 Å². The van der Waals surface area contributed by atoms with Crippen molar-refractivity contribution in [3.05, 3.63) is 97.4 Å². The quantitative estimate of drug-likeness (QED) is 0.331. The number of carbonyl (C=O) groups is 1. The Hall–Kier alpha value is -3.69. The van der Waals surface area contributed by atoms with E-state index in [0.29, 0.717) is 17.9 Å². The molecule has 8 nitrogen and oxygen atoms in total. The Bertz CT molecular complexity index is 1590. The first-order valence-corrected chi connectivity index (χ1v) is 11.8. The molecule has 2 N–H and O–H groups in total. The second-order valence-electron chi connectivity index (χ2n) is 8.57. The molecule has 1 aliphatic rings. The third-order valence-corrected chi connectivity index (χ3v) is 6.88. The van der Waals surface area contributed by atoms with Crippen LogP contribution in [0.3, 0.4) is 0 Å². The minimum Gasteiger partial charge on any atom is -0.476 e. The lowest BCUT2D eigenvalue weighted by molar-refractivity contribution is 0.0691. The third-order valence-electron chi connectivity index (χ3n) is 6.33. The maximum atomic E-state index is 14.6. The summed E-state index contributed by atoms with van der Waals surface area (Å²) in [5.74, 6) is -1.65. The number of pyridine rings is 2. The Morgan fingerprint density at radius 3 is 2.69 bits per heavy atom. The van der Waals surface area contributed by atoms with Gasteiger partial charge < -0.3 is 15.3 Å². The first-order chi connectivity index (χ1) is 17.2. The number of carboxylic acid groups (broad SMARTS) is 1. The van der Waals surface area contributed by atoms with E-state index in [2.05, 4.69) is 10.3 Å². The number of aromatic carboxylic acids is 1. The minimum absolute atomic E-state index is 0.0232. The van der Waals surface area contributed by atoms with E-state index in [1.807, 2.05) is 36.1 Å². The van der Waals surface area contributed by atoms with E-state index in [1.165, 1.54) is 18.2 Å². The first kappa shape index (κ1) is 24.0. The summed E-state index contributed by atoms with van der Waals surface area (Å²) in [5, 5.41) is 12.5. The lowest BCUT2D eigenvalue weighted by atomic mass is 10.1. The van der Waals surface area contributed by atoms with Crippen molar-refractivity contribution in [3.8, 4) is 0 Å². The number of rotatable bonds is 5. The number of benzene rings is 1. The number of nitrogens with zero attached hydrogens (tertiary/aromatic N) is 4. The number of carboxylic acids is 1. The van der Waals surface area contributed by atoms with Crippen LogP contribution in [0.5, 0.6) is 0 Å². The van der Waals surface area contributed by atoms with E-state index in [-0.39, 0.29) is 33.2 Å². The van der Waals surface area contributed by atoms with Crippen molar-refractivity contribution in [1.29, 1.82) is 0 Å². The molecule has 0 aliphatic carbocycles. The van der Waals surface area contributed by atoms with E-state index in [9.17, 15) is 19.1 Å². The highest BCUT2D eigenvalue weighted by Crippen LogP contribution is 2.39. The summed E-state index contributed by atoms with van der Waals surface area (Å²) in [5.41, 5.74) is 2.04. The molecule has 0 fully saturated rings. The van der Waals surface area contributed by atoms with Gasteiger partial charge in [0.25, 0.3) is 5.56 Å². The minimum atomic E-state index is -1.28. The standard InChI is InChI=1S/C25H20Cl2FN5O3/c1-12(29-18-7-8-19(26)30-21(18)25(35)36)17-9-15(28)11-33-22(17)31-23(20(27)24(33)34)32-10-14-5-3-4-6-16(14)13(32)2/h3-9,11-13,29H,10H2,1-2H3,(H,35,36)/t12-,13-/m1/s1. The van der Waals surface area contributed by atoms with Gasteiger partial charge in [0.1, 0.15) is 21.6 Å². The van der Waals surface area contributed by atoms with Crippen LogP contribution >= 0.6 is 23.2 Å². The fraction of sp³-hybridized carbons (Fsp3) is 0.200. The monoisotopic (exact) mass is 527 g/mol. The Morgan fingerprint density at radius 1 is 1.22 bits per heavy atom. The summed E-state index contributed by atoms with van der Waals surface area (Å²) in [4.78, 5) is 35.4. The SMILES string of the molecule is C[C@@H]1c2ccccc2CN1c1nc2c([C@@H](C)Nc3ccc(Cl)nc3C(=O)O)cc(F)cn2c(=O)c1Cl. The van der Waals surface area contributed by atoms with Crippen molar-refractivity contribution in [3.63, 3.8) is 0 Å². The summed E-state index contributed by atoms with van der Waals surface area (Å²) >= 11 is 12.3. The zero-order chi connectivity index (χ0) is 25.7. The zero-order valence-electron chi connectivity index (χ0n) is 19.2. The highest BCUT2D eigenvalue weighted by molar-refractivity contribution is 6.32. The average molecular weight is 528 g/mol. The molecule has 0 bridgehead atoms. The molecule has 11 heteroatoms. The molecule has 1 aliphatic heterocycles. The van der Waals surface area contributed by atoms with Crippen LogP contribution in [0.15, 0.2) is 53.5 Å². The third kappa shape index (κ3) is 4.04. The number of halogens is 3. The summed E-state index contributed by atoms with van der Waals surface area (Å²) in [6, 6.07) is 11.4. The van der Waals surface area contributed by atoms with E-state index < -0.39 is 23.4 Å². The van der Waals surface area contributed by atoms with Gasteiger partial charge in [0, 0.05) is 18.3 Å². The molecule has 36 heavy (non-hydrogen) atoms. The Labute approximate surface area is 214 Å². The number of hydrogen-bond donors (Lipinski definition) is 2. The van der Waals surface area contributed by atoms with Crippen LogP contribution in [-0.2, 0) is 6.54 Å². The predicted molar refractivity (Wildman–Crippen MR) is 136 cm³/mol. The van der Waals surface area contributed by atoms with Gasteiger partial charge >= 0.3 is 5.97 Å². The number of anilines is 2. The van der Waals surface area contributed by atoms with Crippen molar-refractivity contribution in [2.45, 2.75) is 32.5 Å². The molecular weight excluding hydrogens is 508 g/mol. The smallest absolute Gasteiger partial charge is 0.356 e. The molecule has 0 unspecified atom stereocenters. The number of fused-ring (bicyclic) bond motifs is 2. The molecule has 0 saturated carbocycles. The van der Waals surface area contributed by atoms with E-state index in [1.54, 1.807) is 6.92 Å². The molecule has 0 spiro atoms. The molecule has 2 atom stereocenters. The average Bonchev–Trinajstić information content (AvgIpc) is 3.18. The second-order valence-corrected chi connectivity index (χ2v) is 9.33. The van der Waals surface area contributed by atoms with Crippen LogP contribution in [0.1, 0.15) is 53.1 Å². The largest absolute Gasteiger partial charge is 0.476 e. The Morgan fingerprint density at radius 2 is 1.97 bits per heavy atom. The lowest BCUT2D eigenvalue weighted by Crippen LogP contribution is -2.27. The maximum Gasteiger partial charge on any atom is 0.356 e. The Kier molecular flexibility index (Phi) is 6.05. The fourth-order valence-electron chi connectivity index (χ4n) is 4.57.